The Labute approximate surface area is 107 Å². The number of hydrogen-bond acceptors (Lipinski definition) is 3. The number of para-hydroxylation sites is 2. The minimum atomic E-state index is -0.596. The van der Waals surface area contributed by atoms with Crippen LogP contribution in [0, 0.1) is 0 Å². The van der Waals surface area contributed by atoms with Gasteiger partial charge >= 0.3 is 0 Å². The first-order chi connectivity index (χ1) is 8.81. The van der Waals surface area contributed by atoms with Gasteiger partial charge in [-0.05, 0) is 18.2 Å². The van der Waals surface area contributed by atoms with Gasteiger partial charge in [-0.25, -0.2) is 0 Å². The maximum absolute atomic E-state index is 10.2. The highest BCUT2D eigenvalue weighted by atomic mass is 16.5. The molecule has 0 fully saturated rings. The smallest absolute Gasteiger partial charge is 0.124 e. The van der Waals surface area contributed by atoms with E-state index in [1.54, 1.807) is 7.11 Å². The summed E-state index contributed by atoms with van der Waals surface area (Å²) in [5, 5.41) is 13.3. The van der Waals surface area contributed by atoms with Crippen LogP contribution in [0.2, 0.25) is 0 Å². The van der Waals surface area contributed by atoms with E-state index in [0.717, 1.165) is 11.3 Å². The molecule has 2 aromatic carbocycles. The van der Waals surface area contributed by atoms with E-state index in [-0.39, 0.29) is 0 Å². The molecule has 0 aliphatic heterocycles. The predicted octanol–water partition coefficient (Wildman–Crippen LogP) is 2.84. The van der Waals surface area contributed by atoms with Gasteiger partial charge in [0, 0.05) is 17.8 Å². The van der Waals surface area contributed by atoms with Crippen LogP contribution in [-0.4, -0.2) is 18.8 Å². The van der Waals surface area contributed by atoms with Crippen molar-refractivity contribution in [1.29, 1.82) is 0 Å². The zero-order chi connectivity index (χ0) is 12.8. The number of ether oxygens (including phenoxy) is 1. The Morgan fingerprint density at radius 2 is 1.72 bits per heavy atom. The first kappa shape index (κ1) is 12.5. The quantitative estimate of drug-likeness (QED) is 0.848. The molecule has 3 heteroatoms. The third kappa shape index (κ3) is 3.02. The Morgan fingerprint density at radius 3 is 2.44 bits per heavy atom. The van der Waals surface area contributed by atoms with Crippen LogP contribution in [0.1, 0.15) is 11.7 Å². The maximum atomic E-state index is 10.2. The summed E-state index contributed by atoms with van der Waals surface area (Å²) in [5.41, 5.74) is 1.79. The number of anilines is 1. The third-order valence-electron chi connectivity index (χ3n) is 2.77. The van der Waals surface area contributed by atoms with Crippen LogP contribution < -0.4 is 10.1 Å². The van der Waals surface area contributed by atoms with Crippen molar-refractivity contribution >= 4 is 5.69 Å². The summed E-state index contributed by atoms with van der Waals surface area (Å²) in [7, 11) is 1.61. The maximum Gasteiger partial charge on any atom is 0.124 e. The topological polar surface area (TPSA) is 41.5 Å². The lowest BCUT2D eigenvalue weighted by molar-refractivity contribution is 0.187. The van der Waals surface area contributed by atoms with Crippen LogP contribution in [0.5, 0.6) is 5.75 Å². The molecule has 2 N–H and O–H groups in total. The molecule has 0 amide bonds. The van der Waals surface area contributed by atoms with Crippen LogP contribution in [-0.2, 0) is 0 Å². The van der Waals surface area contributed by atoms with Gasteiger partial charge in [-0.15, -0.1) is 0 Å². The molecule has 0 spiro atoms. The fourth-order valence-corrected chi connectivity index (χ4v) is 1.82. The van der Waals surface area contributed by atoms with Crippen molar-refractivity contribution in [2.24, 2.45) is 0 Å². The number of nitrogens with one attached hydrogen (secondary N) is 1. The van der Waals surface area contributed by atoms with Crippen molar-refractivity contribution in [3.05, 3.63) is 60.2 Å². The molecule has 0 bridgehead atoms. The molecule has 0 aliphatic rings. The first-order valence-electron chi connectivity index (χ1n) is 5.91. The van der Waals surface area contributed by atoms with Crippen LogP contribution >= 0.6 is 0 Å². The zero-order valence-electron chi connectivity index (χ0n) is 10.3. The summed E-state index contributed by atoms with van der Waals surface area (Å²) in [6.07, 6.45) is -0.596. The molecule has 3 nitrogen and oxygen atoms in total. The molecule has 2 aromatic rings. The second-order valence-electron chi connectivity index (χ2n) is 4.00. The highest BCUT2D eigenvalue weighted by molar-refractivity contribution is 5.43. The van der Waals surface area contributed by atoms with Crippen LogP contribution in [0.3, 0.4) is 0 Å². The monoisotopic (exact) mass is 243 g/mol. The van der Waals surface area contributed by atoms with Crippen molar-refractivity contribution in [2.75, 3.05) is 19.0 Å². The minimum Gasteiger partial charge on any atom is -0.496 e. The van der Waals surface area contributed by atoms with E-state index >= 15 is 0 Å². The second kappa shape index (κ2) is 6.07. The molecule has 1 atom stereocenters. The SMILES string of the molecule is COc1ccccc1C(O)CNc1ccccc1. The van der Waals surface area contributed by atoms with Crippen molar-refractivity contribution in [3.63, 3.8) is 0 Å². The molecule has 0 saturated carbocycles. The van der Waals surface area contributed by atoms with Gasteiger partial charge in [0.2, 0.25) is 0 Å². The molecule has 94 valence electrons. The molecule has 1 unspecified atom stereocenters. The second-order valence-corrected chi connectivity index (χ2v) is 4.00. The Balaban J connectivity index is 2.01. The van der Waals surface area contributed by atoms with E-state index in [2.05, 4.69) is 5.32 Å². The molecule has 0 radical (unpaired) electrons. The minimum absolute atomic E-state index is 0.449. The summed E-state index contributed by atoms with van der Waals surface area (Å²) in [5.74, 6) is 0.708. The number of methoxy groups -OCH3 is 1. The average Bonchev–Trinajstić information content (AvgIpc) is 2.45. The Hall–Kier alpha value is -2.00. The molecule has 2 rings (SSSR count). The van der Waals surface area contributed by atoms with E-state index < -0.39 is 6.10 Å². The molecule has 0 aliphatic carbocycles. The Bertz CT molecular complexity index is 485. The third-order valence-corrected chi connectivity index (χ3v) is 2.77. The fourth-order valence-electron chi connectivity index (χ4n) is 1.82. The van der Waals surface area contributed by atoms with Crippen molar-refractivity contribution in [2.45, 2.75) is 6.10 Å². The van der Waals surface area contributed by atoms with Gasteiger partial charge in [-0.3, -0.25) is 0 Å². The lowest BCUT2D eigenvalue weighted by atomic mass is 10.1. The van der Waals surface area contributed by atoms with E-state index in [1.807, 2.05) is 54.6 Å². The summed E-state index contributed by atoms with van der Waals surface area (Å²) in [6.45, 7) is 0.449. The number of aliphatic hydroxyl groups excluding tert-OH is 1. The van der Waals surface area contributed by atoms with Gasteiger partial charge in [0.05, 0.1) is 13.2 Å². The number of benzene rings is 2. The highest BCUT2D eigenvalue weighted by Gasteiger charge is 2.11. The van der Waals surface area contributed by atoms with Gasteiger partial charge < -0.3 is 15.2 Å². The molecule has 0 aromatic heterocycles. The van der Waals surface area contributed by atoms with E-state index in [4.69, 9.17) is 4.74 Å². The van der Waals surface area contributed by atoms with Gasteiger partial charge in [-0.1, -0.05) is 36.4 Å². The Morgan fingerprint density at radius 1 is 1.06 bits per heavy atom. The largest absolute Gasteiger partial charge is 0.496 e. The van der Waals surface area contributed by atoms with Crippen LogP contribution in [0.25, 0.3) is 0 Å². The van der Waals surface area contributed by atoms with Gasteiger partial charge in [0.15, 0.2) is 0 Å². The summed E-state index contributed by atoms with van der Waals surface area (Å²) in [4.78, 5) is 0. The molecule has 0 saturated heterocycles. The number of aliphatic hydroxyl groups is 1. The van der Waals surface area contributed by atoms with E-state index in [0.29, 0.717) is 12.3 Å². The summed E-state index contributed by atoms with van der Waals surface area (Å²) in [6, 6.07) is 17.3. The normalized spacial score (nSPS) is 11.9. The van der Waals surface area contributed by atoms with Crippen LogP contribution in [0.4, 0.5) is 5.69 Å². The van der Waals surface area contributed by atoms with E-state index in [1.165, 1.54) is 0 Å². The average molecular weight is 243 g/mol. The highest BCUT2D eigenvalue weighted by Crippen LogP contribution is 2.24. The van der Waals surface area contributed by atoms with Crippen molar-refractivity contribution < 1.29 is 9.84 Å². The predicted molar refractivity (Wildman–Crippen MR) is 72.9 cm³/mol. The van der Waals surface area contributed by atoms with Crippen molar-refractivity contribution in [1.82, 2.24) is 0 Å². The zero-order valence-corrected chi connectivity index (χ0v) is 10.3. The van der Waals surface area contributed by atoms with Crippen molar-refractivity contribution in [3.8, 4) is 5.75 Å². The molecular weight excluding hydrogens is 226 g/mol. The standard InChI is InChI=1S/C15H17NO2/c1-18-15-10-6-5-9-13(15)14(17)11-16-12-7-3-2-4-8-12/h2-10,14,16-17H,11H2,1H3. The van der Waals surface area contributed by atoms with Crippen LogP contribution in [0.15, 0.2) is 54.6 Å². The lowest BCUT2D eigenvalue weighted by Gasteiger charge is -2.15. The molecule has 0 heterocycles. The van der Waals surface area contributed by atoms with Gasteiger partial charge in [0.25, 0.3) is 0 Å². The molecule has 18 heavy (non-hydrogen) atoms. The summed E-state index contributed by atoms with van der Waals surface area (Å²) >= 11 is 0. The number of rotatable bonds is 5. The first-order valence-corrected chi connectivity index (χ1v) is 5.91. The molecular formula is C15H17NO2. The summed E-state index contributed by atoms with van der Waals surface area (Å²) < 4.78 is 5.23. The van der Waals surface area contributed by atoms with Gasteiger partial charge in [-0.2, -0.15) is 0 Å². The van der Waals surface area contributed by atoms with E-state index in [9.17, 15) is 5.11 Å². The number of hydrogen-bond donors (Lipinski definition) is 2. The lowest BCUT2D eigenvalue weighted by Crippen LogP contribution is -2.12. The fraction of sp³-hybridized carbons (Fsp3) is 0.200. The Kier molecular flexibility index (Phi) is 4.20. The van der Waals surface area contributed by atoms with Gasteiger partial charge in [0.1, 0.15) is 5.75 Å².